The van der Waals surface area contributed by atoms with Crippen LogP contribution < -0.4 is 5.32 Å². The van der Waals surface area contributed by atoms with Gasteiger partial charge in [-0.2, -0.15) is 0 Å². The first-order chi connectivity index (χ1) is 16.5. The van der Waals surface area contributed by atoms with Gasteiger partial charge in [-0.25, -0.2) is 4.98 Å². The summed E-state index contributed by atoms with van der Waals surface area (Å²) in [6, 6.07) is 11.4. The second-order valence-corrected chi connectivity index (χ2v) is 8.67. The number of Topliss-reactive ketones (excluding diaryl/α,β-unsaturated/α-hetero) is 1. The van der Waals surface area contributed by atoms with Crippen LogP contribution in [-0.4, -0.2) is 28.8 Å². The van der Waals surface area contributed by atoms with Gasteiger partial charge in [-0.3, -0.25) is 4.79 Å². The molecule has 2 aromatic heterocycles. The standard InChI is InChI=1S/C27H31N3O4/c1-18(31)10-5-3-8-14-21(26-28-17-22(29-26)19-11-6-4-7-12-19)30-27(32)24-16-20-13-9-15-23(33-2)25(20)34-24/h4,6-7,9,11-13,16-17,21,23H,3,5,8,10,14-15H2,1-2H3,(H,28,29)(H,30,32)/t21-,23?/m0/s1. The minimum Gasteiger partial charge on any atom is -0.452 e. The lowest BCUT2D eigenvalue weighted by atomic mass is 10.0. The number of rotatable bonds is 11. The SMILES string of the molecule is COC1CC=Cc2cc(C(=O)N[C@@H](CCCCCC(C)=O)c3ncc(-c4ccccc4)[nH]3)oc21. The van der Waals surface area contributed by atoms with E-state index in [1.165, 1.54) is 0 Å². The first kappa shape index (κ1) is 23.7. The second-order valence-electron chi connectivity index (χ2n) is 8.67. The van der Waals surface area contributed by atoms with Gasteiger partial charge >= 0.3 is 0 Å². The molecule has 1 aliphatic carbocycles. The molecule has 2 N–H and O–H groups in total. The molecule has 0 fully saturated rings. The van der Waals surface area contributed by atoms with Gasteiger partial charge in [0.15, 0.2) is 5.76 Å². The fourth-order valence-corrected chi connectivity index (χ4v) is 4.23. The maximum Gasteiger partial charge on any atom is 0.287 e. The van der Waals surface area contributed by atoms with Gasteiger partial charge in [-0.05, 0) is 37.8 Å². The predicted molar refractivity (Wildman–Crippen MR) is 130 cm³/mol. The summed E-state index contributed by atoms with van der Waals surface area (Å²) >= 11 is 0. The van der Waals surface area contributed by atoms with Crippen molar-refractivity contribution in [3.05, 3.63) is 71.6 Å². The van der Waals surface area contributed by atoms with Crippen LogP contribution >= 0.6 is 0 Å². The zero-order valence-corrected chi connectivity index (χ0v) is 19.7. The Labute approximate surface area is 199 Å². The summed E-state index contributed by atoms with van der Waals surface area (Å²) in [7, 11) is 1.64. The molecule has 1 amide bonds. The van der Waals surface area contributed by atoms with Crippen molar-refractivity contribution in [1.29, 1.82) is 0 Å². The Hall–Kier alpha value is -3.45. The van der Waals surface area contributed by atoms with E-state index in [4.69, 9.17) is 9.15 Å². The number of ketones is 1. The van der Waals surface area contributed by atoms with Crippen molar-refractivity contribution in [2.75, 3.05) is 7.11 Å². The van der Waals surface area contributed by atoms with E-state index in [0.29, 0.717) is 24.4 Å². The molecule has 3 aromatic rings. The first-order valence-electron chi connectivity index (χ1n) is 11.8. The molecule has 2 heterocycles. The van der Waals surface area contributed by atoms with E-state index in [0.717, 1.165) is 42.5 Å². The van der Waals surface area contributed by atoms with Crippen LogP contribution in [0.4, 0.5) is 0 Å². The highest BCUT2D eigenvalue weighted by atomic mass is 16.5. The number of furan rings is 1. The fourth-order valence-electron chi connectivity index (χ4n) is 4.23. The number of hydrogen-bond acceptors (Lipinski definition) is 5. The zero-order chi connectivity index (χ0) is 23.9. The van der Waals surface area contributed by atoms with Crippen LogP contribution in [-0.2, 0) is 9.53 Å². The molecule has 7 nitrogen and oxygen atoms in total. The number of nitrogens with zero attached hydrogens (tertiary/aromatic N) is 1. The lowest BCUT2D eigenvalue weighted by molar-refractivity contribution is -0.117. The average molecular weight is 462 g/mol. The highest BCUT2D eigenvalue weighted by Crippen LogP contribution is 2.33. The molecule has 34 heavy (non-hydrogen) atoms. The highest BCUT2D eigenvalue weighted by Gasteiger charge is 2.26. The first-order valence-corrected chi connectivity index (χ1v) is 11.8. The van der Waals surface area contributed by atoms with Gasteiger partial charge in [0.1, 0.15) is 23.5 Å². The largest absolute Gasteiger partial charge is 0.452 e. The van der Waals surface area contributed by atoms with Gasteiger partial charge in [-0.15, -0.1) is 0 Å². The third-order valence-electron chi connectivity index (χ3n) is 6.08. The van der Waals surface area contributed by atoms with E-state index in [9.17, 15) is 9.59 Å². The molecule has 0 bridgehead atoms. The van der Waals surface area contributed by atoms with Crippen molar-refractivity contribution < 1.29 is 18.7 Å². The summed E-state index contributed by atoms with van der Waals surface area (Å²) in [5.41, 5.74) is 2.80. The van der Waals surface area contributed by atoms with Crippen molar-refractivity contribution in [3.63, 3.8) is 0 Å². The summed E-state index contributed by atoms with van der Waals surface area (Å²) in [6.07, 6.45) is 10.2. The molecule has 0 aliphatic heterocycles. The van der Waals surface area contributed by atoms with Crippen molar-refractivity contribution in [2.24, 2.45) is 0 Å². The number of unbranched alkanes of at least 4 members (excludes halogenated alkanes) is 2. The molecule has 0 radical (unpaired) electrons. The van der Waals surface area contributed by atoms with E-state index in [1.54, 1.807) is 26.3 Å². The Bertz CT molecular complexity index is 1150. The van der Waals surface area contributed by atoms with Crippen LogP contribution in [0.25, 0.3) is 17.3 Å². The number of hydrogen-bond donors (Lipinski definition) is 2. The predicted octanol–water partition coefficient (Wildman–Crippen LogP) is 5.78. The highest BCUT2D eigenvalue weighted by molar-refractivity contribution is 5.92. The Morgan fingerprint density at radius 3 is 2.82 bits per heavy atom. The lowest BCUT2D eigenvalue weighted by Crippen LogP contribution is -2.29. The van der Waals surface area contributed by atoms with Crippen LogP contribution in [0.15, 0.2) is 53.1 Å². The van der Waals surface area contributed by atoms with Crippen LogP contribution in [0, 0.1) is 0 Å². The smallest absolute Gasteiger partial charge is 0.287 e. The molecule has 1 aliphatic rings. The number of aromatic amines is 1. The topological polar surface area (TPSA) is 97.2 Å². The lowest BCUT2D eigenvalue weighted by Gasteiger charge is -2.16. The van der Waals surface area contributed by atoms with Gasteiger partial charge < -0.3 is 24.2 Å². The summed E-state index contributed by atoms with van der Waals surface area (Å²) in [5.74, 6) is 1.55. The number of fused-ring (bicyclic) bond motifs is 1. The molecule has 178 valence electrons. The van der Waals surface area contributed by atoms with E-state index in [2.05, 4.69) is 15.3 Å². The fraction of sp³-hybridized carbons (Fsp3) is 0.370. The van der Waals surface area contributed by atoms with E-state index >= 15 is 0 Å². The van der Waals surface area contributed by atoms with E-state index in [-0.39, 0.29) is 29.6 Å². The number of aromatic nitrogens is 2. The molecule has 0 saturated heterocycles. The van der Waals surface area contributed by atoms with E-state index < -0.39 is 0 Å². The number of carbonyl (C=O) groups is 2. The normalized spacial score (nSPS) is 15.6. The quantitative estimate of drug-likeness (QED) is 0.353. The number of carbonyl (C=O) groups excluding carboxylic acids is 2. The van der Waals surface area contributed by atoms with Crippen LogP contribution in [0.2, 0.25) is 0 Å². The Morgan fingerprint density at radius 2 is 2.06 bits per heavy atom. The van der Waals surface area contributed by atoms with Crippen LogP contribution in [0.1, 0.15) is 85.3 Å². The summed E-state index contributed by atoms with van der Waals surface area (Å²) in [4.78, 5) is 32.3. The molecule has 0 spiro atoms. The minimum absolute atomic E-state index is 0.183. The Kier molecular flexibility index (Phi) is 7.75. The van der Waals surface area contributed by atoms with Gasteiger partial charge in [0.05, 0.1) is 17.9 Å². The number of ether oxygens (including phenoxy) is 1. The number of H-pyrrole nitrogens is 1. The summed E-state index contributed by atoms with van der Waals surface area (Å²) in [6.45, 7) is 1.61. The Balaban J connectivity index is 1.49. The van der Waals surface area contributed by atoms with Crippen molar-refractivity contribution >= 4 is 17.8 Å². The van der Waals surface area contributed by atoms with Gasteiger partial charge in [0.25, 0.3) is 5.91 Å². The second kappa shape index (κ2) is 11.1. The average Bonchev–Trinajstić information content (AvgIpc) is 3.51. The monoisotopic (exact) mass is 461 g/mol. The number of benzene rings is 1. The van der Waals surface area contributed by atoms with Crippen molar-refractivity contribution in [2.45, 2.75) is 57.6 Å². The maximum absolute atomic E-state index is 13.1. The molecule has 7 heteroatoms. The van der Waals surface area contributed by atoms with Gasteiger partial charge in [0.2, 0.25) is 0 Å². The molecule has 4 rings (SSSR count). The van der Waals surface area contributed by atoms with Crippen molar-refractivity contribution in [1.82, 2.24) is 15.3 Å². The maximum atomic E-state index is 13.1. The van der Waals surface area contributed by atoms with Crippen molar-refractivity contribution in [3.8, 4) is 11.3 Å². The molecular formula is C27H31N3O4. The third kappa shape index (κ3) is 5.72. The van der Waals surface area contributed by atoms with Gasteiger partial charge in [0, 0.05) is 19.1 Å². The number of imidazole rings is 1. The number of methoxy groups -OCH3 is 1. The number of amides is 1. The van der Waals surface area contributed by atoms with E-state index in [1.807, 2.05) is 42.5 Å². The van der Waals surface area contributed by atoms with Gasteiger partial charge in [-0.1, -0.05) is 55.3 Å². The third-order valence-corrected chi connectivity index (χ3v) is 6.08. The molecule has 1 aromatic carbocycles. The number of nitrogens with one attached hydrogen (secondary N) is 2. The Morgan fingerprint density at radius 1 is 1.24 bits per heavy atom. The molecule has 0 saturated carbocycles. The summed E-state index contributed by atoms with van der Waals surface area (Å²) in [5, 5.41) is 3.10. The zero-order valence-electron chi connectivity index (χ0n) is 19.7. The minimum atomic E-state index is -0.307. The summed E-state index contributed by atoms with van der Waals surface area (Å²) < 4.78 is 11.4. The molecule has 2 atom stereocenters. The van der Waals surface area contributed by atoms with Crippen LogP contribution in [0.5, 0.6) is 0 Å². The van der Waals surface area contributed by atoms with Crippen LogP contribution in [0.3, 0.4) is 0 Å². The molecular weight excluding hydrogens is 430 g/mol. The molecule has 1 unspecified atom stereocenters.